The predicted octanol–water partition coefficient (Wildman–Crippen LogP) is 2.09. The lowest BCUT2D eigenvalue weighted by Crippen LogP contribution is -2.48. The van der Waals surface area contributed by atoms with E-state index >= 15 is 0 Å². The van der Waals surface area contributed by atoms with E-state index in [1.165, 1.54) is 19.3 Å². The van der Waals surface area contributed by atoms with E-state index in [9.17, 15) is 4.79 Å². The molecule has 1 aliphatic carbocycles. The molecule has 20 heavy (non-hydrogen) atoms. The van der Waals surface area contributed by atoms with Crippen LogP contribution in [0.3, 0.4) is 0 Å². The average molecular weight is 282 g/mol. The maximum Gasteiger partial charge on any atom is 0.227 e. The molecule has 0 radical (unpaired) electrons. The summed E-state index contributed by atoms with van der Waals surface area (Å²) in [7, 11) is 0. The van der Waals surface area contributed by atoms with Crippen LogP contribution < -0.4 is 10.6 Å². The van der Waals surface area contributed by atoms with Crippen LogP contribution in [-0.4, -0.2) is 37.7 Å². The highest BCUT2D eigenvalue weighted by atomic mass is 16.5. The van der Waals surface area contributed by atoms with E-state index in [1.807, 2.05) is 0 Å². The molecule has 4 heteroatoms. The van der Waals surface area contributed by atoms with Crippen molar-refractivity contribution in [2.45, 2.75) is 64.5 Å². The molecule has 4 nitrogen and oxygen atoms in total. The van der Waals surface area contributed by atoms with Gasteiger partial charge in [-0.15, -0.1) is 0 Å². The van der Waals surface area contributed by atoms with Gasteiger partial charge in [-0.2, -0.15) is 0 Å². The van der Waals surface area contributed by atoms with Crippen molar-refractivity contribution in [2.24, 2.45) is 11.8 Å². The van der Waals surface area contributed by atoms with Crippen LogP contribution in [0.25, 0.3) is 0 Å². The van der Waals surface area contributed by atoms with E-state index in [0.717, 1.165) is 31.7 Å². The molecule has 0 bridgehead atoms. The molecule has 0 aromatic rings. The Morgan fingerprint density at radius 3 is 2.85 bits per heavy atom. The highest BCUT2D eigenvalue weighted by molar-refractivity contribution is 5.80. The average Bonchev–Trinajstić information content (AvgIpc) is 2.93. The topological polar surface area (TPSA) is 50.4 Å². The summed E-state index contributed by atoms with van der Waals surface area (Å²) in [5.74, 6) is 0.976. The van der Waals surface area contributed by atoms with Gasteiger partial charge in [0.2, 0.25) is 5.91 Å². The molecule has 1 saturated carbocycles. The smallest absolute Gasteiger partial charge is 0.227 e. The highest BCUT2D eigenvalue weighted by Crippen LogP contribution is 2.27. The minimum absolute atomic E-state index is 0.0106. The van der Waals surface area contributed by atoms with Gasteiger partial charge in [-0.25, -0.2) is 0 Å². The molecule has 0 aromatic carbocycles. The summed E-state index contributed by atoms with van der Waals surface area (Å²) in [6, 6.07) is 0.578. The Balaban J connectivity index is 1.81. The second kappa shape index (κ2) is 7.99. The monoisotopic (exact) mass is 282 g/mol. The highest BCUT2D eigenvalue weighted by Gasteiger charge is 2.35. The lowest BCUT2D eigenvalue weighted by molar-refractivity contribution is -0.126. The number of hydrogen-bond donors (Lipinski definition) is 2. The molecular formula is C16H30N2O2. The Morgan fingerprint density at radius 2 is 2.10 bits per heavy atom. The molecule has 1 aliphatic heterocycles. The van der Waals surface area contributed by atoms with Gasteiger partial charge in [-0.05, 0) is 31.7 Å². The molecule has 1 saturated heterocycles. The first kappa shape index (κ1) is 15.8. The molecular weight excluding hydrogens is 252 g/mol. The third-order valence-electron chi connectivity index (χ3n) is 4.78. The number of ether oxygens (including phenoxy) is 1. The third kappa shape index (κ3) is 4.19. The molecule has 2 aliphatic rings. The molecule has 2 N–H and O–H groups in total. The fraction of sp³-hybridized carbons (Fsp3) is 0.938. The zero-order valence-corrected chi connectivity index (χ0v) is 13.0. The SMILES string of the molecule is CCCNC1COCC1C(=O)NC1CCCC(CC)C1. The lowest BCUT2D eigenvalue weighted by Gasteiger charge is -2.30. The maximum absolute atomic E-state index is 12.5. The van der Waals surface area contributed by atoms with Gasteiger partial charge in [-0.1, -0.05) is 33.1 Å². The number of carbonyl (C=O) groups excluding carboxylic acids is 1. The van der Waals surface area contributed by atoms with Crippen molar-refractivity contribution in [2.75, 3.05) is 19.8 Å². The first-order chi connectivity index (χ1) is 9.74. The molecule has 1 heterocycles. The van der Waals surface area contributed by atoms with Crippen LogP contribution >= 0.6 is 0 Å². The molecule has 1 amide bonds. The molecule has 0 aromatic heterocycles. The van der Waals surface area contributed by atoms with Crippen LogP contribution in [0.15, 0.2) is 0 Å². The van der Waals surface area contributed by atoms with Gasteiger partial charge in [0.25, 0.3) is 0 Å². The standard InChI is InChI=1S/C16H30N2O2/c1-3-8-17-15-11-20-10-14(15)16(19)18-13-7-5-6-12(4-2)9-13/h12-15,17H,3-11H2,1-2H3,(H,18,19). The largest absolute Gasteiger partial charge is 0.379 e. The van der Waals surface area contributed by atoms with Gasteiger partial charge in [0, 0.05) is 12.1 Å². The molecule has 4 atom stereocenters. The van der Waals surface area contributed by atoms with Crippen molar-refractivity contribution in [1.82, 2.24) is 10.6 Å². The van der Waals surface area contributed by atoms with Crippen LogP contribution in [0.4, 0.5) is 0 Å². The van der Waals surface area contributed by atoms with Crippen LogP contribution in [0, 0.1) is 11.8 Å². The number of rotatable bonds is 6. The zero-order chi connectivity index (χ0) is 14.4. The van der Waals surface area contributed by atoms with Gasteiger partial charge >= 0.3 is 0 Å². The Labute approximate surface area is 123 Å². The second-order valence-electron chi connectivity index (χ2n) is 6.35. The minimum Gasteiger partial charge on any atom is -0.379 e. The number of nitrogens with one attached hydrogen (secondary N) is 2. The minimum atomic E-state index is -0.0106. The van der Waals surface area contributed by atoms with Crippen molar-refractivity contribution in [3.05, 3.63) is 0 Å². The Bertz CT molecular complexity index is 309. The summed E-state index contributed by atoms with van der Waals surface area (Å²) in [4.78, 5) is 12.5. The van der Waals surface area contributed by atoms with E-state index in [-0.39, 0.29) is 17.9 Å². The van der Waals surface area contributed by atoms with Crippen LogP contribution in [0.1, 0.15) is 52.4 Å². The van der Waals surface area contributed by atoms with Gasteiger partial charge in [0.15, 0.2) is 0 Å². The first-order valence-electron chi connectivity index (χ1n) is 8.36. The van der Waals surface area contributed by atoms with E-state index in [2.05, 4.69) is 24.5 Å². The second-order valence-corrected chi connectivity index (χ2v) is 6.35. The molecule has 2 fully saturated rings. The summed E-state index contributed by atoms with van der Waals surface area (Å²) >= 11 is 0. The summed E-state index contributed by atoms with van der Waals surface area (Å²) in [5, 5.41) is 6.71. The maximum atomic E-state index is 12.5. The number of amides is 1. The fourth-order valence-electron chi connectivity index (χ4n) is 3.44. The first-order valence-corrected chi connectivity index (χ1v) is 8.36. The van der Waals surface area contributed by atoms with Crippen LogP contribution in [0.2, 0.25) is 0 Å². The summed E-state index contributed by atoms with van der Waals surface area (Å²) in [6.07, 6.45) is 7.20. The zero-order valence-electron chi connectivity index (χ0n) is 13.0. The predicted molar refractivity (Wildman–Crippen MR) is 80.6 cm³/mol. The fourth-order valence-corrected chi connectivity index (χ4v) is 3.44. The van der Waals surface area contributed by atoms with Gasteiger partial charge in [-0.3, -0.25) is 4.79 Å². The van der Waals surface area contributed by atoms with Crippen LogP contribution in [0.5, 0.6) is 0 Å². The van der Waals surface area contributed by atoms with Crippen LogP contribution in [-0.2, 0) is 9.53 Å². The normalized spacial score (nSPS) is 34.1. The molecule has 116 valence electrons. The van der Waals surface area contributed by atoms with E-state index in [0.29, 0.717) is 19.3 Å². The number of hydrogen-bond acceptors (Lipinski definition) is 3. The molecule has 4 unspecified atom stereocenters. The van der Waals surface area contributed by atoms with E-state index in [1.54, 1.807) is 0 Å². The Morgan fingerprint density at radius 1 is 1.25 bits per heavy atom. The van der Waals surface area contributed by atoms with Crippen molar-refractivity contribution in [3.63, 3.8) is 0 Å². The molecule has 0 spiro atoms. The Kier molecular flexibility index (Phi) is 6.30. The lowest BCUT2D eigenvalue weighted by atomic mass is 9.84. The van der Waals surface area contributed by atoms with E-state index < -0.39 is 0 Å². The van der Waals surface area contributed by atoms with E-state index in [4.69, 9.17) is 4.74 Å². The number of carbonyl (C=O) groups is 1. The third-order valence-corrected chi connectivity index (χ3v) is 4.78. The van der Waals surface area contributed by atoms with Crippen molar-refractivity contribution in [3.8, 4) is 0 Å². The van der Waals surface area contributed by atoms with Gasteiger partial charge < -0.3 is 15.4 Å². The van der Waals surface area contributed by atoms with Gasteiger partial charge in [0.1, 0.15) is 0 Å². The van der Waals surface area contributed by atoms with Crippen molar-refractivity contribution in [1.29, 1.82) is 0 Å². The summed E-state index contributed by atoms with van der Waals surface area (Å²) in [6.45, 7) is 6.59. The molecule has 2 rings (SSSR count). The summed E-state index contributed by atoms with van der Waals surface area (Å²) in [5.41, 5.74) is 0. The Hall–Kier alpha value is -0.610. The van der Waals surface area contributed by atoms with Crippen molar-refractivity contribution < 1.29 is 9.53 Å². The van der Waals surface area contributed by atoms with Crippen molar-refractivity contribution >= 4 is 5.91 Å². The quantitative estimate of drug-likeness (QED) is 0.784. The summed E-state index contributed by atoms with van der Waals surface area (Å²) < 4.78 is 5.50. The van der Waals surface area contributed by atoms with Gasteiger partial charge in [0.05, 0.1) is 19.1 Å².